The predicted molar refractivity (Wildman–Crippen MR) is 84.6 cm³/mol. The lowest BCUT2D eigenvalue weighted by molar-refractivity contribution is 0.0762. The maximum Gasteiger partial charge on any atom is 0.355 e. The predicted octanol–water partition coefficient (Wildman–Crippen LogP) is 1.81. The Kier molecular flexibility index (Phi) is 3.98. The molecular weight excluding hydrogens is 376 g/mol. The van der Waals surface area contributed by atoms with Crippen LogP contribution < -0.4 is 0 Å². The van der Waals surface area contributed by atoms with Gasteiger partial charge in [0.15, 0.2) is 0 Å². The zero-order chi connectivity index (χ0) is 17.5. The number of hydrogen-bond donors (Lipinski definition) is 0. The van der Waals surface area contributed by atoms with Crippen molar-refractivity contribution in [3.8, 4) is 0 Å². The molecule has 7 nitrogen and oxygen atoms in total. The van der Waals surface area contributed by atoms with E-state index in [2.05, 4.69) is 4.18 Å². The van der Waals surface area contributed by atoms with Crippen LogP contribution in [-0.2, 0) is 23.2 Å². The van der Waals surface area contributed by atoms with E-state index < -0.39 is 25.0 Å². The molecule has 0 N–H and O–H groups in total. The molecule has 2 aromatic carbocycles. The highest BCUT2D eigenvalue weighted by molar-refractivity contribution is 8.78. The van der Waals surface area contributed by atoms with E-state index in [0.717, 1.165) is 0 Å². The molecule has 0 unspecified atom stereocenters. The number of benzene rings is 2. The fourth-order valence-electron chi connectivity index (χ4n) is 2.09. The first-order valence-electron chi connectivity index (χ1n) is 6.38. The molecule has 4 rings (SSSR count). The lowest BCUT2D eigenvalue weighted by Crippen LogP contribution is -1.99. The number of hydrogen-bond acceptors (Lipinski definition) is 8. The molecule has 24 heavy (non-hydrogen) atoms. The molecule has 2 aliphatic heterocycles. The van der Waals surface area contributed by atoms with Gasteiger partial charge in [0.25, 0.3) is 0 Å². The zero-order valence-electron chi connectivity index (χ0n) is 11.7. The van der Waals surface area contributed by atoms with Crippen molar-refractivity contribution in [1.29, 1.82) is 0 Å². The van der Waals surface area contributed by atoms with Crippen molar-refractivity contribution in [2.75, 3.05) is 0 Å². The molecule has 0 fully saturated rings. The SMILES string of the molecule is O=C1OS(=O)(=O)c2ccccc21.O=C1SS(=O)(=O)c2ccccc21. The third-order valence-electron chi connectivity index (χ3n) is 3.12. The van der Waals surface area contributed by atoms with Crippen LogP contribution in [0, 0.1) is 0 Å². The molecule has 10 heteroatoms. The van der Waals surface area contributed by atoms with Crippen LogP contribution in [0.1, 0.15) is 20.7 Å². The number of carbonyl (C=O) groups is 2. The standard InChI is InChI=1S/C7H4O4S.C7H4O3S2/c2*8-7-5-3-1-2-4-6(5)12(9,10)11-7/h2*1-4H. The minimum absolute atomic E-state index is 0.0463. The van der Waals surface area contributed by atoms with Gasteiger partial charge >= 0.3 is 16.1 Å². The molecule has 0 aliphatic carbocycles. The molecule has 0 saturated carbocycles. The van der Waals surface area contributed by atoms with Crippen molar-refractivity contribution in [3.05, 3.63) is 59.7 Å². The number of rotatable bonds is 0. The summed E-state index contributed by atoms with van der Waals surface area (Å²) in [6.07, 6.45) is 0. The second kappa shape index (κ2) is 5.72. The fourth-order valence-corrected chi connectivity index (χ4v) is 6.00. The zero-order valence-corrected chi connectivity index (χ0v) is 14.2. The van der Waals surface area contributed by atoms with E-state index in [1.54, 1.807) is 24.3 Å². The van der Waals surface area contributed by atoms with E-state index in [0.29, 0.717) is 16.4 Å². The van der Waals surface area contributed by atoms with Crippen LogP contribution in [-0.4, -0.2) is 27.9 Å². The van der Waals surface area contributed by atoms with Gasteiger partial charge in [0.05, 0.1) is 21.3 Å². The van der Waals surface area contributed by atoms with Crippen LogP contribution in [0.25, 0.3) is 0 Å². The lowest BCUT2D eigenvalue weighted by Gasteiger charge is -1.91. The third-order valence-corrected chi connectivity index (χ3v) is 7.53. The number of fused-ring (bicyclic) bond motifs is 2. The smallest absolute Gasteiger partial charge is 0.338 e. The Morgan fingerprint density at radius 2 is 1.29 bits per heavy atom. The van der Waals surface area contributed by atoms with Crippen LogP contribution in [0.3, 0.4) is 0 Å². The largest absolute Gasteiger partial charge is 0.355 e. The minimum Gasteiger partial charge on any atom is -0.338 e. The molecular formula is C14H8O7S3. The molecule has 0 aromatic heterocycles. The Bertz CT molecular complexity index is 982. The minimum atomic E-state index is -3.80. The summed E-state index contributed by atoms with van der Waals surface area (Å²) in [5.74, 6) is -0.800. The first-order valence-corrected chi connectivity index (χ1v) is 10.6. The molecule has 0 radical (unpaired) electrons. The molecule has 2 heterocycles. The Morgan fingerprint density at radius 3 is 1.88 bits per heavy atom. The van der Waals surface area contributed by atoms with Crippen LogP contribution in [0.15, 0.2) is 58.3 Å². The Balaban J connectivity index is 0.000000141. The summed E-state index contributed by atoms with van der Waals surface area (Å²) in [5.41, 5.74) is 0.403. The monoisotopic (exact) mass is 384 g/mol. The van der Waals surface area contributed by atoms with Gasteiger partial charge in [-0.25, -0.2) is 13.2 Å². The second-order valence-corrected chi connectivity index (χ2v) is 9.86. The van der Waals surface area contributed by atoms with Crippen LogP contribution in [0.4, 0.5) is 0 Å². The topological polar surface area (TPSA) is 112 Å². The van der Waals surface area contributed by atoms with Gasteiger partial charge in [0.2, 0.25) is 14.0 Å². The first-order chi connectivity index (χ1) is 11.2. The second-order valence-electron chi connectivity index (χ2n) is 4.64. The van der Waals surface area contributed by atoms with Gasteiger partial charge in [-0.2, -0.15) is 8.42 Å². The molecule has 0 atom stereocenters. The average molecular weight is 384 g/mol. The van der Waals surface area contributed by atoms with Crippen molar-refractivity contribution in [2.24, 2.45) is 0 Å². The normalized spacial score (nSPS) is 18.8. The summed E-state index contributed by atoms with van der Waals surface area (Å²) >= 11 is 0. The highest BCUT2D eigenvalue weighted by Gasteiger charge is 2.35. The Morgan fingerprint density at radius 1 is 0.750 bits per heavy atom. The molecule has 0 spiro atoms. The van der Waals surface area contributed by atoms with E-state index in [4.69, 9.17) is 0 Å². The van der Waals surface area contributed by atoms with Gasteiger partial charge < -0.3 is 4.18 Å². The summed E-state index contributed by atoms with van der Waals surface area (Å²) in [5, 5.41) is -0.384. The van der Waals surface area contributed by atoms with Crippen molar-refractivity contribution in [1.82, 2.24) is 0 Å². The highest BCUT2D eigenvalue weighted by Crippen LogP contribution is 2.37. The first kappa shape index (κ1) is 16.7. The van der Waals surface area contributed by atoms with Gasteiger partial charge in [0, 0.05) is 5.56 Å². The van der Waals surface area contributed by atoms with Gasteiger partial charge in [-0.05, 0) is 24.3 Å². The molecule has 2 aliphatic rings. The molecule has 0 saturated heterocycles. The van der Waals surface area contributed by atoms with Crippen molar-refractivity contribution in [2.45, 2.75) is 9.79 Å². The average Bonchev–Trinajstić information content (AvgIpc) is 2.91. The van der Waals surface area contributed by atoms with Gasteiger partial charge in [-0.3, -0.25) is 4.79 Å². The summed E-state index contributed by atoms with van der Waals surface area (Å²) in [6.45, 7) is 0. The maximum atomic E-state index is 11.2. The van der Waals surface area contributed by atoms with Gasteiger partial charge in [0.1, 0.15) is 4.90 Å². The van der Waals surface area contributed by atoms with E-state index in [-0.39, 0.29) is 20.5 Å². The van der Waals surface area contributed by atoms with Crippen molar-refractivity contribution in [3.63, 3.8) is 0 Å². The molecule has 124 valence electrons. The summed E-state index contributed by atoms with van der Waals surface area (Å²) in [6, 6.07) is 12.1. The van der Waals surface area contributed by atoms with E-state index in [1.165, 1.54) is 24.3 Å². The molecule has 0 amide bonds. The maximum absolute atomic E-state index is 11.2. The summed E-state index contributed by atoms with van der Waals surface area (Å²) < 4.78 is 48.6. The lowest BCUT2D eigenvalue weighted by atomic mass is 10.2. The third kappa shape index (κ3) is 2.83. The fraction of sp³-hybridized carbons (Fsp3) is 0. The van der Waals surface area contributed by atoms with Crippen molar-refractivity contribution >= 4 is 40.9 Å². The van der Waals surface area contributed by atoms with Crippen molar-refractivity contribution < 1.29 is 30.6 Å². The molecule has 0 bridgehead atoms. The van der Waals surface area contributed by atoms with Gasteiger partial charge in [-0.1, -0.05) is 24.3 Å². The Labute approximate surface area is 141 Å². The van der Waals surface area contributed by atoms with E-state index >= 15 is 0 Å². The Hall–Kier alpha value is -2.17. The van der Waals surface area contributed by atoms with Crippen LogP contribution >= 0.6 is 10.8 Å². The van der Waals surface area contributed by atoms with Crippen LogP contribution in [0.5, 0.6) is 0 Å². The molecule has 2 aromatic rings. The number of carbonyl (C=O) groups excluding carboxylic acids is 2. The van der Waals surface area contributed by atoms with Gasteiger partial charge in [-0.15, -0.1) is 0 Å². The summed E-state index contributed by atoms with van der Waals surface area (Å²) in [4.78, 5) is 22.0. The van der Waals surface area contributed by atoms with E-state index in [9.17, 15) is 26.4 Å². The van der Waals surface area contributed by atoms with E-state index in [1.807, 2.05) is 0 Å². The van der Waals surface area contributed by atoms with Crippen LogP contribution in [0.2, 0.25) is 0 Å². The summed E-state index contributed by atoms with van der Waals surface area (Å²) in [7, 11) is -6.81. The quantitative estimate of drug-likeness (QED) is 0.499. The highest BCUT2D eigenvalue weighted by atomic mass is 33.1.